The van der Waals surface area contributed by atoms with Crippen LogP contribution in [0.25, 0.3) is 0 Å². The van der Waals surface area contributed by atoms with Crippen molar-refractivity contribution in [2.75, 3.05) is 13.3 Å². The van der Waals surface area contributed by atoms with Crippen molar-refractivity contribution in [1.82, 2.24) is 15.2 Å². The average molecular weight is 419 g/mol. The molecule has 4 heterocycles. The van der Waals surface area contributed by atoms with Gasteiger partial charge in [-0.25, -0.2) is 0 Å². The topological polar surface area (TPSA) is 93.9 Å². The number of nitrogens with one attached hydrogen (secondary N) is 1. The minimum atomic E-state index is -0.192. The van der Waals surface area contributed by atoms with Crippen LogP contribution in [-0.4, -0.2) is 35.0 Å². The predicted molar refractivity (Wildman–Crippen MR) is 110 cm³/mol. The smallest absolute Gasteiger partial charge is 0.257 e. The van der Waals surface area contributed by atoms with Crippen LogP contribution in [0.4, 0.5) is 0 Å². The van der Waals surface area contributed by atoms with E-state index in [4.69, 9.17) is 13.9 Å². The van der Waals surface area contributed by atoms with Crippen LogP contribution in [0.2, 0.25) is 0 Å². The Hall–Kier alpha value is -3.81. The van der Waals surface area contributed by atoms with Crippen molar-refractivity contribution in [3.8, 4) is 11.5 Å². The van der Waals surface area contributed by atoms with Crippen molar-refractivity contribution < 1.29 is 23.5 Å². The highest BCUT2D eigenvalue weighted by Gasteiger charge is 2.25. The van der Waals surface area contributed by atoms with Gasteiger partial charge in [0.25, 0.3) is 11.8 Å². The summed E-state index contributed by atoms with van der Waals surface area (Å²) in [7, 11) is 0. The van der Waals surface area contributed by atoms with Crippen molar-refractivity contribution >= 4 is 11.8 Å². The van der Waals surface area contributed by atoms with Gasteiger partial charge in [0.2, 0.25) is 6.79 Å². The van der Waals surface area contributed by atoms with Gasteiger partial charge in [-0.2, -0.15) is 0 Å². The summed E-state index contributed by atoms with van der Waals surface area (Å²) in [5.74, 6) is 0.966. The van der Waals surface area contributed by atoms with Gasteiger partial charge >= 0.3 is 0 Å². The molecule has 0 bridgehead atoms. The van der Waals surface area contributed by atoms with E-state index in [-0.39, 0.29) is 18.6 Å². The Morgan fingerprint density at radius 3 is 2.87 bits per heavy atom. The number of aromatic nitrogens is 1. The van der Waals surface area contributed by atoms with Gasteiger partial charge in [0.15, 0.2) is 11.5 Å². The lowest BCUT2D eigenvalue weighted by Gasteiger charge is -2.30. The number of amides is 2. The van der Waals surface area contributed by atoms with Gasteiger partial charge in [0.1, 0.15) is 6.26 Å². The van der Waals surface area contributed by atoms with Gasteiger partial charge in [-0.1, -0.05) is 0 Å². The zero-order chi connectivity index (χ0) is 21.4. The standard InChI is InChI=1S/C23H21N3O5/c1-14-19(10-25-22(27)15-2-3-20-21(8-15)31-13-30-20)18-4-6-26(11-17(18)9-24-14)23(28)16-5-7-29-12-16/h2-3,5,7-9,12H,4,6,10-11,13H2,1H3,(H,25,27). The van der Waals surface area contributed by atoms with Crippen molar-refractivity contribution in [2.24, 2.45) is 0 Å². The van der Waals surface area contributed by atoms with Crippen LogP contribution in [0, 0.1) is 6.92 Å². The number of hydrogen-bond donors (Lipinski definition) is 1. The molecule has 8 heteroatoms. The molecule has 0 atom stereocenters. The molecule has 0 spiro atoms. The van der Waals surface area contributed by atoms with Crippen molar-refractivity contribution in [3.63, 3.8) is 0 Å². The van der Waals surface area contributed by atoms with Gasteiger partial charge in [0.05, 0.1) is 11.8 Å². The molecule has 158 valence electrons. The van der Waals surface area contributed by atoms with Gasteiger partial charge in [-0.3, -0.25) is 14.6 Å². The van der Waals surface area contributed by atoms with E-state index >= 15 is 0 Å². The molecule has 0 unspecified atom stereocenters. The summed E-state index contributed by atoms with van der Waals surface area (Å²) in [6.07, 6.45) is 5.49. The van der Waals surface area contributed by atoms with Crippen LogP contribution in [0.15, 0.2) is 47.4 Å². The third-order valence-corrected chi connectivity index (χ3v) is 5.71. The van der Waals surface area contributed by atoms with Crippen LogP contribution >= 0.6 is 0 Å². The second kappa shape index (κ2) is 7.79. The number of carbonyl (C=O) groups is 2. The number of furan rings is 1. The van der Waals surface area contributed by atoms with Crippen molar-refractivity contribution in [3.05, 3.63) is 76.5 Å². The van der Waals surface area contributed by atoms with E-state index in [0.717, 1.165) is 22.4 Å². The maximum absolute atomic E-state index is 12.7. The normalized spacial score (nSPS) is 14.3. The summed E-state index contributed by atoms with van der Waals surface area (Å²) >= 11 is 0. The Kier molecular flexibility index (Phi) is 4.82. The van der Waals surface area contributed by atoms with Crippen LogP contribution < -0.4 is 14.8 Å². The Labute approximate surface area is 178 Å². The fourth-order valence-corrected chi connectivity index (χ4v) is 4.01. The molecule has 2 aliphatic heterocycles. The summed E-state index contributed by atoms with van der Waals surface area (Å²) in [6, 6.07) is 6.80. The van der Waals surface area contributed by atoms with Crippen molar-refractivity contribution in [2.45, 2.75) is 26.4 Å². The first kappa shape index (κ1) is 19.2. The van der Waals surface area contributed by atoms with Crippen LogP contribution in [-0.2, 0) is 19.5 Å². The molecule has 8 nitrogen and oxygen atoms in total. The molecular formula is C23H21N3O5. The van der Waals surface area contributed by atoms with Crippen LogP contribution in [0.1, 0.15) is 43.1 Å². The maximum Gasteiger partial charge on any atom is 0.257 e. The first-order valence-electron chi connectivity index (χ1n) is 10.1. The zero-order valence-electron chi connectivity index (χ0n) is 17.0. The van der Waals surface area contributed by atoms with E-state index in [0.29, 0.717) is 48.7 Å². The first-order chi connectivity index (χ1) is 15.1. The fraction of sp³-hybridized carbons (Fsp3) is 0.261. The van der Waals surface area contributed by atoms with Gasteiger partial charge in [-0.05, 0) is 54.3 Å². The Bertz CT molecular complexity index is 1160. The van der Waals surface area contributed by atoms with E-state index in [1.165, 1.54) is 12.5 Å². The quantitative estimate of drug-likeness (QED) is 0.699. The minimum Gasteiger partial charge on any atom is -0.472 e. The molecule has 3 aromatic rings. The number of aryl methyl sites for hydroxylation is 1. The Balaban J connectivity index is 1.31. The molecule has 31 heavy (non-hydrogen) atoms. The van der Waals surface area contributed by atoms with Gasteiger partial charge in [0, 0.05) is 37.1 Å². The molecule has 1 aromatic carbocycles. The highest BCUT2D eigenvalue weighted by Crippen LogP contribution is 2.32. The third-order valence-electron chi connectivity index (χ3n) is 5.71. The second-order valence-corrected chi connectivity index (χ2v) is 7.57. The fourth-order valence-electron chi connectivity index (χ4n) is 4.01. The molecule has 1 N–H and O–H groups in total. The lowest BCUT2D eigenvalue weighted by Crippen LogP contribution is -2.37. The number of nitrogens with zero attached hydrogens (tertiary/aromatic N) is 2. The third kappa shape index (κ3) is 3.61. The zero-order valence-corrected chi connectivity index (χ0v) is 17.0. The number of ether oxygens (including phenoxy) is 2. The van der Waals surface area contributed by atoms with Gasteiger partial charge in [-0.15, -0.1) is 0 Å². The molecule has 0 aliphatic carbocycles. The largest absolute Gasteiger partial charge is 0.472 e. The SMILES string of the molecule is Cc1ncc2c(c1CNC(=O)c1ccc3c(c1)OCO3)CCN(C(=O)c1ccoc1)C2. The predicted octanol–water partition coefficient (Wildman–Crippen LogP) is 2.84. The summed E-state index contributed by atoms with van der Waals surface area (Å²) in [4.78, 5) is 31.6. The average Bonchev–Trinajstić information content (AvgIpc) is 3.49. The lowest BCUT2D eigenvalue weighted by molar-refractivity contribution is 0.0733. The highest BCUT2D eigenvalue weighted by molar-refractivity contribution is 5.95. The molecule has 2 aromatic heterocycles. The number of benzene rings is 1. The monoisotopic (exact) mass is 419 g/mol. The van der Waals surface area contributed by atoms with E-state index in [1.807, 2.05) is 13.1 Å². The number of fused-ring (bicyclic) bond motifs is 2. The molecular weight excluding hydrogens is 398 g/mol. The van der Waals surface area contributed by atoms with Crippen molar-refractivity contribution in [1.29, 1.82) is 0 Å². The molecule has 0 radical (unpaired) electrons. The summed E-state index contributed by atoms with van der Waals surface area (Å²) in [6.45, 7) is 3.55. The van der Waals surface area contributed by atoms with Gasteiger partial charge < -0.3 is 24.1 Å². The van der Waals surface area contributed by atoms with E-state index in [9.17, 15) is 9.59 Å². The molecule has 2 aliphatic rings. The maximum atomic E-state index is 12.7. The number of pyridine rings is 1. The summed E-state index contributed by atoms with van der Waals surface area (Å²) < 4.78 is 15.7. The number of hydrogen-bond acceptors (Lipinski definition) is 6. The molecule has 2 amide bonds. The van der Waals surface area contributed by atoms with Crippen LogP contribution in [0.5, 0.6) is 11.5 Å². The van der Waals surface area contributed by atoms with Crippen LogP contribution in [0.3, 0.4) is 0 Å². The summed E-state index contributed by atoms with van der Waals surface area (Å²) in [5, 5.41) is 2.99. The molecule has 5 rings (SSSR count). The molecule has 0 saturated carbocycles. The van der Waals surface area contributed by atoms with E-state index < -0.39 is 0 Å². The summed E-state index contributed by atoms with van der Waals surface area (Å²) in [5.41, 5.74) is 5.08. The highest BCUT2D eigenvalue weighted by atomic mass is 16.7. The van der Waals surface area contributed by atoms with E-state index in [1.54, 1.807) is 29.2 Å². The number of rotatable bonds is 4. The van der Waals surface area contributed by atoms with E-state index in [2.05, 4.69) is 10.3 Å². The number of carbonyl (C=O) groups excluding carboxylic acids is 2. The second-order valence-electron chi connectivity index (χ2n) is 7.57. The molecule has 0 fully saturated rings. The Morgan fingerprint density at radius 1 is 1.16 bits per heavy atom. The first-order valence-corrected chi connectivity index (χ1v) is 10.1. The molecule has 0 saturated heterocycles. The lowest BCUT2D eigenvalue weighted by atomic mass is 9.94. The minimum absolute atomic E-state index is 0.0577. The Morgan fingerprint density at radius 2 is 2.03 bits per heavy atom.